The fourth-order valence-corrected chi connectivity index (χ4v) is 3.48. The second-order valence-corrected chi connectivity index (χ2v) is 6.29. The Balaban J connectivity index is 1.86. The molecular formula is C17H20N2S. The maximum Gasteiger partial charge on any atom is 0.0683 e. The van der Waals surface area contributed by atoms with Crippen LogP contribution in [0.2, 0.25) is 0 Å². The molecule has 1 aromatic rings. The number of rotatable bonds is 3. The number of hydrogen-bond acceptors (Lipinski definition) is 3. The van der Waals surface area contributed by atoms with Gasteiger partial charge in [0.15, 0.2) is 0 Å². The monoisotopic (exact) mass is 284 g/mol. The number of nitrogens with two attached hydrogens (primary N) is 1. The van der Waals surface area contributed by atoms with Crippen molar-refractivity contribution in [3.05, 3.63) is 70.6 Å². The average molecular weight is 284 g/mol. The van der Waals surface area contributed by atoms with E-state index in [-0.39, 0.29) is 0 Å². The Morgan fingerprint density at radius 1 is 1.25 bits per heavy atom. The molecule has 0 spiro atoms. The number of thioether (sulfide) groups is 1. The first-order chi connectivity index (χ1) is 9.61. The van der Waals surface area contributed by atoms with E-state index in [1.807, 2.05) is 11.8 Å². The van der Waals surface area contributed by atoms with E-state index in [0.29, 0.717) is 0 Å². The van der Waals surface area contributed by atoms with Gasteiger partial charge in [0.25, 0.3) is 0 Å². The highest BCUT2D eigenvalue weighted by Gasteiger charge is 2.30. The van der Waals surface area contributed by atoms with Crippen LogP contribution in [0.25, 0.3) is 0 Å². The van der Waals surface area contributed by atoms with Crippen molar-refractivity contribution in [2.75, 3.05) is 12.8 Å². The van der Waals surface area contributed by atoms with Crippen molar-refractivity contribution < 1.29 is 0 Å². The molecule has 3 heteroatoms. The Hall–Kier alpha value is -1.61. The van der Waals surface area contributed by atoms with Gasteiger partial charge in [-0.1, -0.05) is 31.4 Å². The fraction of sp³-hybridized carbons (Fsp3) is 0.294. The van der Waals surface area contributed by atoms with Crippen LogP contribution in [0.15, 0.2) is 53.9 Å². The first kappa shape index (κ1) is 13.4. The Kier molecular flexibility index (Phi) is 3.38. The lowest BCUT2D eigenvalue weighted by atomic mass is 9.87. The molecule has 1 aromatic carbocycles. The van der Waals surface area contributed by atoms with Gasteiger partial charge in [0.1, 0.15) is 0 Å². The second kappa shape index (κ2) is 5.06. The summed E-state index contributed by atoms with van der Waals surface area (Å²) in [6, 6.07) is 6.87. The second-order valence-electron chi connectivity index (χ2n) is 5.43. The van der Waals surface area contributed by atoms with Gasteiger partial charge in [0.2, 0.25) is 0 Å². The molecule has 1 aliphatic carbocycles. The highest BCUT2D eigenvalue weighted by molar-refractivity contribution is 7.97. The first-order valence-electron chi connectivity index (χ1n) is 6.85. The van der Waals surface area contributed by atoms with Crippen LogP contribution in [-0.4, -0.2) is 17.7 Å². The van der Waals surface area contributed by atoms with Crippen molar-refractivity contribution in [2.24, 2.45) is 5.73 Å². The van der Waals surface area contributed by atoms with E-state index in [1.165, 1.54) is 16.7 Å². The molecule has 0 bridgehead atoms. The van der Waals surface area contributed by atoms with Crippen molar-refractivity contribution in [2.45, 2.75) is 18.7 Å². The van der Waals surface area contributed by atoms with Gasteiger partial charge in [-0.05, 0) is 29.4 Å². The van der Waals surface area contributed by atoms with Gasteiger partial charge in [-0.2, -0.15) is 11.8 Å². The van der Waals surface area contributed by atoms with Crippen molar-refractivity contribution in [1.82, 2.24) is 4.90 Å². The minimum atomic E-state index is 0.818. The summed E-state index contributed by atoms with van der Waals surface area (Å²) < 4.78 is 0. The minimum absolute atomic E-state index is 0.818. The summed E-state index contributed by atoms with van der Waals surface area (Å²) >= 11 is 1.86. The normalized spacial score (nSPS) is 18.1. The summed E-state index contributed by atoms with van der Waals surface area (Å²) in [5.41, 5.74) is 14.2. The molecular weight excluding hydrogens is 264 g/mol. The maximum atomic E-state index is 6.06. The Morgan fingerprint density at radius 2 is 2.05 bits per heavy atom. The van der Waals surface area contributed by atoms with Gasteiger partial charge in [-0.3, -0.25) is 0 Å². The summed E-state index contributed by atoms with van der Waals surface area (Å²) in [5, 5.41) is 0. The van der Waals surface area contributed by atoms with E-state index in [0.717, 1.165) is 47.8 Å². The summed E-state index contributed by atoms with van der Waals surface area (Å²) in [6.07, 6.45) is 3.21. The van der Waals surface area contributed by atoms with Crippen LogP contribution in [0.1, 0.15) is 16.7 Å². The van der Waals surface area contributed by atoms with Crippen LogP contribution >= 0.6 is 11.8 Å². The molecule has 0 fully saturated rings. The molecule has 2 nitrogen and oxygen atoms in total. The number of benzene rings is 1. The molecule has 1 aliphatic heterocycles. The molecule has 104 valence electrons. The van der Waals surface area contributed by atoms with Crippen LogP contribution in [0.5, 0.6) is 0 Å². The fourth-order valence-electron chi connectivity index (χ4n) is 2.97. The van der Waals surface area contributed by atoms with Gasteiger partial charge in [-0.15, -0.1) is 0 Å². The number of fused-ring (bicyclic) bond motifs is 1. The Morgan fingerprint density at radius 3 is 2.75 bits per heavy atom. The van der Waals surface area contributed by atoms with E-state index < -0.39 is 0 Å². The van der Waals surface area contributed by atoms with E-state index in [2.05, 4.69) is 42.5 Å². The zero-order valence-electron chi connectivity index (χ0n) is 11.9. The van der Waals surface area contributed by atoms with Crippen LogP contribution < -0.4 is 5.73 Å². The summed E-state index contributed by atoms with van der Waals surface area (Å²) in [4.78, 5) is 2.34. The molecule has 2 N–H and O–H groups in total. The van der Waals surface area contributed by atoms with Crippen molar-refractivity contribution in [1.29, 1.82) is 0 Å². The molecule has 0 saturated heterocycles. The summed E-state index contributed by atoms with van der Waals surface area (Å²) in [5.74, 6) is 1.07. The van der Waals surface area contributed by atoms with E-state index in [4.69, 9.17) is 5.73 Å². The van der Waals surface area contributed by atoms with E-state index in [1.54, 1.807) is 0 Å². The predicted molar refractivity (Wildman–Crippen MR) is 87.3 cm³/mol. The number of hydrogen-bond donors (Lipinski definition) is 1. The molecule has 0 amide bonds. The van der Waals surface area contributed by atoms with Crippen molar-refractivity contribution in [3.63, 3.8) is 0 Å². The highest BCUT2D eigenvalue weighted by Crippen LogP contribution is 2.38. The molecule has 1 heterocycles. The van der Waals surface area contributed by atoms with Gasteiger partial charge in [0.05, 0.1) is 11.4 Å². The maximum absolute atomic E-state index is 6.06. The standard InChI is InChI=1S/C17H20N2S/c1-11-12(2)17(16(11)18)19-7-6-14-5-4-13(10-20-3)8-15(14)9-19/h4-5,8H,1-2,6-7,9-10,18H2,3H3. The summed E-state index contributed by atoms with van der Waals surface area (Å²) in [6.45, 7) is 9.95. The lowest BCUT2D eigenvalue weighted by Gasteiger charge is -2.39. The van der Waals surface area contributed by atoms with Gasteiger partial charge < -0.3 is 10.6 Å². The number of nitrogens with zero attached hydrogens (tertiary/aromatic N) is 1. The lowest BCUT2D eigenvalue weighted by Crippen LogP contribution is -2.37. The van der Waals surface area contributed by atoms with Gasteiger partial charge >= 0.3 is 0 Å². The lowest BCUT2D eigenvalue weighted by molar-refractivity contribution is 0.320. The van der Waals surface area contributed by atoms with Crippen molar-refractivity contribution >= 4 is 11.8 Å². The Labute approximate surface area is 125 Å². The Bertz CT molecular complexity index is 628. The third-order valence-corrected chi connectivity index (χ3v) is 4.76. The molecule has 0 radical (unpaired) electrons. The van der Waals surface area contributed by atoms with Gasteiger partial charge in [0, 0.05) is 30.0 Å². The zero-order chi connectivity index (χ0) is 14.3. The average Bonchev–Trinajstić information content (AvgIpc) is 2.47. The zero-order valence-corrected chi connectivity index (χ0v) is 12.7. The largest absolute Gasteiger partial charge is 0.397 e. The highest BCUT2D eigenvalue weighted by atomic mass is 32.2. The van der Waals surface area contributed by atoms with Crippen molar-refractivity contribution in [3.8, 4) is 0 Å². The molecule has 0 atom stereocenters. The minimum Gasteiger partial charge on any atom is -0.397 e. The SMILES string of the molecule is C=C1C(=C)C(N2CCc3ccc(CSC)cc3C2)=C1N. The quantitative estimate of drug-likeness (QED) is 0.924. The predicted octanol–water partition coefficient (Wildman–Crippen LogP) is 3.20. The van der Waals surface area contributed by atoms with Crippen LogP contribution in [0.3, 0.4) is 0 Å². The third kappa shape index (κ3) is 2.06. The summed E-state index contributed by atoms with van der Waals surface area (Å²) in [7, 11) is 0. The molecule has 3 rings (SSSR count). The van der Waals surface area contributed by atoms with Crippen LogP contribution in [0, 0.1) is 0 Å². The van der Waals surface area contributed by atoms with Gasteiger partial charge in [-0.25, -0.2) is 0 Å². The number of allylic oxidation sites excluding steroid dienone is 2. The molecule has 0 unspecified atom stereocenters. The van der Waals surface area contributed by atoms with E-state index in [9.17, 15) is 0 Å². The molecule has 2 aliphatic rings. The van der Waals surface area contributed by atoms with Crippen LogP contribution in [-0.2, 0) is 18.7 Å². The van der Waals surface area contributed by atoms with E-state index >= 15 is 0 Å². The molecule has 0 aromatic heterocycles. The first-order valence-corrected chi connectivity index (χ1v) is 8.24. The topological polar surface area (TPSA) is 29.3 Å². The third-order valence-electron chi connectivity index (χ3n) is 4.14. The van der Waals surface area contributed by atoms with Crippen LogP contribution in [0.4, 0.5) is 0 Å². The molecule has 0 saturated carbocycles. The smallest absolute Gasteiger partial charge is 0.0683 e. The molecule has 20 heavy (non-hydrogen) atoms.